The first-order valence-electron chi connectivity index (χ1n) is 14.0. The third-order valence-electron chi connectivity index (χ3n) is 6.95. The molecule has 4 aromatic carbocycles. The van der Waals surface area contributed by atoms with E-state index in [1.54, 1.807) is 18.2 Å². The molecule has 0 N–H and O–H groups in total. The number of halogens is 1. The van der Waals surface area contributed by atoms with E-state index in [1.807, 2.05) is 66.4 Å². The van der Waals surface area contributed by atoms with E-state index in [2.05, 4.69) is 24.3 Å². The summed E-state index contributed by atoms with van der Waals surface area (Å²) in [5, 5.41) is 0. The third kappa shape index (κ3) is 8.37. The molecule has 4 aromatic rings. The molecule has 0 aliphatic carbocycles. The van der Waals surface area contributed by atoms with E-state index in [9.17, 15) is 14.0 Å². The Morgan fingerprint density at radius 2 is 1.45 bits per heavy atom. The number of rotatable bonds is 13. The smallest absolute Gasteiger partial charge is 0.311 e. The van der Waals surface area contributed by atoms with Crippen LogP contribution in [-0.4, -0.2) is 29.9 Å². The Bertz CT molecular complexity index is 1320. The van der Waals surface area contributed by atoms with Crippen LogP contribution in [0.3, 0.4) is 0 Å². The van der Waals surface area contributed by atoms with Crippen molar-refractivity contribution in [2.24, 2.45) is 0 Å². The molecular formula is C35H36FNO3. The molecule has 0 atom stereocenters. The molecule has 0 aliphatic heterocycles. The molecule has 0 saturated carbocycles. The molecule has 0 spiro atoms. The Morgan fingerprint density at radius 3 is 2.08 bits per heavy atom. The summed E-state index contributed by atoms with van der Waals surface area (Å²) in [6, 6.07) is 34.0. The van der Waals surface area contributed by atoms with Crippen molar-refractivity contribution in [1.29, 1.82) is 0 Å². The first-order chi connectivity index (χ1) is 19.5. The SMILES string of the molecule is CCCC(=O)Oc1cccc(CCCN(CCC(c2ccccc2)c2ccccc2)C(=O)c2ccc(F)cc2)c1. The van der Waals surface area contributed by atoms with Gasteiger partial charge in [0.1, 0.15) is 11.6 Å². The van der Waals surface area contributed by atoms with Crippen molar-refractivity contribution in [2.45, 2.75) is 44.9 Å². The van der Waals surface area contributed by atoms with Gasteiger partial charge in [-0.1, -0.05) is 79.7 Å². The van der Waals surface area contributed by atoms with E-state index >= 15 is 0 Å². The predicted molar refractivity (Wildman–Crippen MR) is 157 cm³/mol. The topological polar surface area (TPSA) is 46.6 Å². The number of ether oxygens (including phenoxy) is 1. The van der Waals surface area contributed by atoms with Crippen LogP contribution >= 0.6 is 0 Å². The van der Waals surface area contributed by atoms with Gasteiger partial charge in [-0.3, -0.25) is 9.59 Å². The molecular weight excluding hydrogens is 501 g/mol. The van der Waals surface area contributed by atoms with Crippen LogP contribution in [0.4, 0.5) is 4.39 Å². The van der Waals surface area contributed by atoms with Crippen LogP contribution in [-0.2, 0) is 11.2 Å². The second-order valence-electron chi connectivity index (χ2n) is 9.94. The molecule has 4 nitrogen and oxygen atoms in total. The molecule has 0 bridgehead atoms. The van der Waals surface area contributed by atoms with Crippen LogP contribution in [0.25, 0.3) is 0 Å². The van der Waals surface area contributed by atoms with E-state index in [1.165, 1.54) is 23.3 Å². The zero-order chi connectivity index (χ0) is 28.2. The van der Waals surface area contributed by atoms with Crippen LogP contribution < -0.4 is 4.74 Å². The van der Waals surface area contributed by atoms with Crippen molar-refractivity contribution >= 4 is 11.9 Å². The molecule has 4 rings (SSSR count). The van der Waals surface area contributed by atoms with Gasteiger partial charge in [-0.05, 0) is 78.8 Å². The van der Waals surface area contributed by atoms with Gasteiger partial charge in [-0.15, -0.1) is 0 Å². The number of carbonyl (C=O) groups is 2. The fourth-order valence-corrected chi connectivity index (χ4v) is 4.90. The highest BCUT2D eigenvalue weighted by Crippen LogP contribution is 2.28. The summed E-state index contributed by atoms with van der Waals surface area (Å²) >= 11 is 0. The number of hydrogen-bond donors (Lipinski definition) is 0. The van der Waals surface area contributed by atoms with E-state index in [4.69, 9.17) is 4.74 Å². The quantitative estimate of drug-likeness (QED) is 0.129. The summed E-state index contributed by atoms with van der Waals surface area (Å²) in [6.45, 7) is 3.05. The van der Waals surface area contributed by atoms with Crippen LogP contribution in [0.15, 0.2) is 109 Å². The van der Waals surface area contributed by atoms with Crippen molar-refractivity contribution in [3.63, 3.8) is 0 Å². The van der Waals surface area contributed by atoms with Gasteiger partial charge in [0.05, 0.1) is 0 Å². The van der Waals surface area contributed by atoms with Gasteiger partial charge in [0.2, 0.25) is 0 Å². The lowest BCUT2D eigenvalue weighted by Crippen LogP contribution is -2.34. The second kappa shape index (κ2) is 14.8. The minimum atomic E-state index is -0.365. The Balaban J connectivity index is 1.48. The average Bonchev–Trinajstić information content (AvgIpc) is 2.98. The van der Waals surface area contributed by atoms with Gasteiger partial charge in [-0.25, -0.2) is 4.39 Å². The molecule has 206 valence electrons. The Morgan fingerprint density at radius 1 is 0.800 bits per heavy atom. The number of carbonyl (C=O) groups excluding carboxylic acids is 2. The summed E-state index contributed by atoms with van der Waals surface area (Å²) < 4.78 is 19.0. The zero-order valence-electron chi connectivity index (χ0n) is 23.0. The van der Waals surface area contributed by atoms with Crippen molar-refractivity contribution in [3.05, 3.63) is 137 Å². The molecule has 5 heteroatoms. The average molecular weight is 538 g/mol. The van der Waals surface area contributed by atoms with E-state index in [0.717, 1.165) is 31.2 Å². The zero-order valence-corrected chi connectivity index (χ0v) is 23.0. The lowest BCUT2D eigenvalue weighted by atomic mass is 9.88. The van der Waals surface area contributed by atoms with Crippen molar-refractivity contribution in [2.75, 3.05) is 13.1 Å². The van der Waals surface area contributed by atoms with Gasteiger partial charge in [0, 0.05) is 31.0 Å². The normalized spacial score (nSPS) is 10.9. The maximum Gasteiger partial charge on any atom is 0.311 e. The number of amides is 1. The number of aryl methyl sites for hydroxylation is 1. The molecule has 0 aromatic heterocycles. The van der Waals surface area contributed by atoms with E-state index in [-0.39, 0.29) is 23.6 Å². The minimum absolute atomic E-state index is 0.109. The second-order valence-corrected chi connectivity index (χ2v) is 9.94. The monoisotopic (exact) mass is 537 g/mol. The van der Waals surface area contributed by atoms with Crippen molar-refractivity contribution < 1.29 is 18.7 Å². The Hall–Kier alpha value is -4.25. The Kier molecular flexibility index (Phi) is 10.6. The summed E-state index contributed by atoms with van der Waals surface area (Å²) in [6.07, 6.45) is 3.35. The highest BCUT2D eigenvalue weighted by molar-refractivity contribution is 5.94. The lowest BCUT2D eigenvalue weighted by molar-refractivity contribution is -0.134. The van der Waals surface area contributed by atoms with Gasteiger partial charge in [0.15, 0.2) is 0 Å². The third-order valence-corrected chi connectivity index (χ3v) is 6.95. The van der Waals surface area contributed by atoms with Gasteiger partial charge in [0.25, 0.3) is 5.91 Å². The van der Waals surface area contributed by atoms with Gasteiger partial charge < -0.3 is 9.64 Å². The fourth-order valence-electron chi connectivity index (χ4n) is 4.90. The standard InChI is InChI=1S/C35H36FNO3/c1-2-11-34(38)40-32-18-9-12-27(26-32)13-10-24-37(35(39)30-19-21-31(36)22-20-30)25-23-33(28-14-5-3-6-15-28)29-16-7-4-8-17-29/h3-9,12,14-22,26,33H,2,10-11,13,23-25H2,1H3. The highest BCUT2D eigenvalue weighted by atomic mass is 19.1. The summed E-state index contributed by atoms with van der Waals surface area (Å²) in [7, 11) is 0. The molecule has 40 heavy (non-hydrogen) atoms. The number of benzene rings is 4. The maximum absolute atomic E-state index is 13.6. The van der Waals surface area contributed by atoms with Crippen LogP contribution in [0.2, 0.25) is 0 Å². The molecule has 0 aliphatic rings. The largest absolute Gasteiger partial charge is 0.427 e. The molecule has 0 radical (unpaired) electrons. The summed E-state index contributed by atoms with van der Waals surface area (Å²) in [5.74, 6) is -0.0239. The van der Waals surface area contributed by atoms with Crippen molar-refractivity contribution in [1.82, 2.24) is 4.90 Å². The molecule has 0 unspecified atom stereocenters. The van der Waals surface area contributed by atoms with Crippen molar-refractivity contribution in [3.8, 4) is 5.75 Å². The summed E-state index contributed by atoms with van der Waals surface area (Å²) in [4.78, 5) is 27.3. The van der Waals surface area contributed by atoms with E-state index in [0.29, 0.717) is 30.8 Å². The molecule has 0 saturated heterocycles. The van der Waals surface area contributed by atoms with Crippen LogP contribution in [0.1, 0.15) is 65.6 Å². The first kappa shape index (κ1) is 28.8. The predicted octanol–water partition coefficient (Wildman–Crippen LogP) is 7.83. The number of hydrogen-bond acceptors (Lipinski definition) is 3. The number of nitrogens with zero attached hydrogens (tertiary/aromatic N) is 1. The van der Waals surface area contributed by atoms with Crippen LogP contribution in [0.5, 0.6) is 5.75 Å². The van der Waals surface area contributed by atoms with Gasteiger partial charge >= 0.3 is 5.97 Å². The maximum atomic E-state index is 13.6. The summed E-state index contributed by atoms with van der Waals surface area (Å²) in [5.41, 5.74) is 3.93. The minimum Gasteiger partial charge on any atom is -0.427 e. The molecule has 0 fully saturated rings. The van der Waals surface area contributed by atoms with Crippen LogP contribution in [0, 0.1) is 5.82 Å². The lowest BCUT2D eigenvalue weighted by Gasteiger charge is -2.26. The first-order valence-corrected chi connectivity index (χ1v) is 14.0. The fraction of sp³-hybridized carbons (Fsp3) is 0.257. The van der Waals surface area contributed by atoms with E-state index < -0.39 is 0 Å². The van der Waals surface area contributed by atoms with Gasteiger partial charge in [-0.2, -0.15) is 0 Å². The Labute approximate surface area is 236 Å². The molecule has 0 heterocycles. The highest BCUT2D eigenvalue weighted by Gasteiger charge is 2.20. The molecule has 1 amide bonds. The number of esters is 1.